The molecule has 20 heavy (non-hydrogen) atoms. The number of hydrogen-bond donors (Lipinski definition) is 1. The summed E-state index contributed by atoms with van der Waals surface area (Å²) in [6.45, 7) is 2.88. The van der Waals surface area contributed by atoms with Crippen LogP contribution >= 0.6 is 11.8 Å². The average molecular weight is 292 g/mol. The maximum atomic E-state index is 13.9. The summed E-state index contributed by atoms with van der Waals surface area (Å²) in [5.41, 5.74) is 6.01. The van der Waals surface area contributed by atoms with E-state index in [1.165, 1.54) is 12.1 Å². The van der Waals surface area contributed by atoms with Crippen LogP contribution in [0.4, 0.5) is 4.39 Å². The van der Waals surface area contributed by atoms with E-state index in [4.69, 9.17) is 5.73 Å². The van der Waals surface area contributed by atoms with E-state index in [2.05, 4.69) is 11.8 Å². The second kappa shape index (κ2) is 6.78. The van der Waals surface area contributed by atoms with Gasteiger partial charge in [0.25, 0.3) is 5.91 Å². The molecule has 2 N–H and O–H groups in total. The van der Waals surface area contributed by atoms with Gasteiger partial charge in [0.1, 0.15) is 5.82 Å². The SMILES string of the molecule is CC1CSCCN1C(=O)c1cc(C#CCN)ccc1F. The Kier molecular flexibility index (Phi) is 5.05. The molecule has 1 aromatic carbocycles. The van der Waals surface area contributed by atoms with Crippen molar-refractivity contribution in [2.45, 2.75) is 13.0 Å². The summed E-state index contributed by atoms with van der Waals surface area (Å²) in [5.74, 6) is 6.55. The van der Waals surface area contributed by atoms with E-state index in [0.717, 1.165) is 11.5 Å². The summed E-state index contributed by atoms with van der Waals surface area (Å²) >= 11 is 1.81. The summed E-state index contributed by atoms with van der Waals surface area (Å²) < 4.78 is 13.9. The van der Waals surface area contributed by atoms with Crippen LogP contribution in [0.5, 0.6) is 0 Å². The highest BCUT2D eigenvalue weighted by atomic mass is 32.2. The average Bonchev–Trinajstić information content (AvgIpc) is 2.46. The second-order valence-corrected chi connectivity index (χ2v) is 5.77. The predicted molar refractivity (Wildman–Crippen MR) is 80.2 cm³/mol. The first-order chi connectivity index (χ1) is 9.63. The van der Waals surface area contributed by atoms with Gasteiger partial charge in [-0.1, -0.05) is 11.8 Å². The minimum absolute atomic E-state index is 0.0903. The standard InChI is InChI=1S/C15H17FN2OS/c1-11-10-20-8-7-18(11)15(19)13-9-12(3-2-6-17)4-5-14(13)16/h4-5,9,11H,6-8,10,17H2,1H3. The molecule has 5 heteroatoms. The van der Waals surface area contributed by atoms with Gasteiger partial charge in [-0.15, -0.1) is 0 Å². The van der Waals surface area contributed by atoms with Gasteiger partial charge in [0, 0.05) is 29.7 Å². The number of rotatable bonds is 1. The largest absolute Gasteiger partial charge is 0.334 e. The number of nitrogens with zero attached hydrogens (tertiary/aromatic N) is 1. The van der Waals surface area contributed by atoms with E-state index in [1.807, 2.05) is 18.7 Å². The summed E-state index contributed by atoms with van der Waals surface area (Å²) in [6, 6.07) is 4.48. The molecule has 106 valence electrons. The Bertz CT molecular complexity index is 565. The number of carbonyl (C=O) groups is 1. The normalized spacial score (nSPS) is 18.4. The van der Waals surface area contributed by atoms with Crippen molar-refractivity contribution >= 4 is 17.7 Å². The first-order valence-corrected chi connectivity index (χ1v) is 7.66. The van der Waals surface area contributed by atoms with Gasteiger partial charge >= 0.3 is 0 Å². The number of benzene rings is 1. The topological polar surface area (TPSA) is 46.3 Å². The molecular weight excluding hydrogens is 275 g/mol. The lowest BCUT2D eigenvalue weighted by Gasteiger charge is -2.33. The Morgan fingerprint density at radius 2 is 2.40 bits per heavy atom. The second-order valence-electron chi connectivity index (χ2n) is 4.62. The molecule has 3 nitrogen and oxygen atoms in total. The summed E-state index contributed by atoms with van der Waals surface area (Å²) in [5, 5.41) is 0. The quantitative estimate of drug-likeness (QED) is 0.802. The number of amides is 1. The van der Waals surface area contributed by atoms with Gasteiger partial charge in [0.15, 0.2) is 0 Å². The number of carbonyl (C=O) groups excluding carboxylic acids is 1. The van der Waals surface area contributed by atoms with Crippen LogP contribution in [0.2, 0.25) is 0 Å². The van der Waals surface area contributed by atoms with Crippen LogP contribution in [-0.4, -0.2) is 41.4 Å². The maximum absolute atomic E-state index is 13.9. The van der Waals surface area contributed by atoms with E-state index >= 15 is 0 Å². The minimum Gasteiger partial charge on any atom is -0.334 e. The molecule has 0 aliphatic carbocycles. The Morgan fingerprint density at radius 3 is 3.10 bits per heavy atom. The summed E-state index contributed by atoms with van der Waals surface area (Å²) in [6.07, 6.45) is 0. The zero-order valence-electron chi connectivity index (χ0n) is 11.4. The van der Waals surface area contributed by atoms with Crippen LogP contribution in [0.3, 0.4) is 0 Å². The number of thioether (sulfide) groups is 1. The number of hydrogen-bond acceptors (Lipinski definition) is 3. The summed E-state index contributed by atoms with van der Waals surface area (Å²) in [7, 11) is 0. The molecular formula is C15H17FN2OS. The van der Waals surface area contributed by atoms with Crippen molar-refractivity contribution in [1.82, 2.24) is 4.90 Å². The maximum Gasteiger partial charge on any atom is 0.257 e. The molecule has 1 aliphatic rings. The lowest BCUT2D eigenvalue weighted by atomic mass is 10.1. The molecule has 1 saturated heterocycles. The van der Waals surface area contributed by atoms with Gasteiger partial charge < -0.3 is 10.6 Å². The van der Waals surface area contributed by atoms with Gasteiger partial charge in [-0.2, -0.15) is 11.8 Å². The monoisotopic (exact) mass is 292 g/mol. The van der Waals surface area contributed by atoms with Gasteiger partial charge in [-0.3, -0.25) is 4.79 Å². The third kappa shape index (κ3) is 3.33. The first-order valence-electron chi connectivity index (χ1n) is 6.50. The van der Waals surface area contributed by atoms with Crippen molar-refractivity contribution in [2.24, 2.45) is 5.73 Å². The van der Waals surface area contributed by atoms with E-state index in [-0.39, 0.29) is 24.1 Å². The predicted octanol–water partition coefficient (Wildman–Crippen LogP) is 1.71. The Balaban J connectivity index is 2.28. The van der Waals surface area contributed by atoms with Crippen molar-refractivity contribution in [1.29, 1.82) is 0 Å². The third-order valence-electron chi connectivity index (χ3n) is 3.16. The van der Waals surface area contributed by atoms with Crippen LogP contribution in [0.15, 0.2) is 18.2 Å². The van der Waals surface area contributed by atoms with Crippen LogP contribution in [0.1, 0.15) is 22.8 Å². The van der Waals surface area contributed by atoms with Gasteiger partial charge in [-0.05, 0) is 25.1 Å². The fourth-order valence-corrected chi connectivity index (χ4v) is 3.12. The number of halogens is 1. The lowest BCUT2D eigenvalue weighted by molar-refractivity contribution is 0.0711. The van der Waals surface area contributed by atoms with Gasteiger partial charge in [-0.25, -0.2) is 4.39 Å². The summed E-state index contributed by atoms with van der Waals surface area (Å²) in [4.78, 5) is 14.2. The lowest BCUT2D eigenvalue weighted by Crippen LogP contribution is -2.44. The molecule has 0 saturated carbocycles. The fraction of sp³-hybridized carbons (Fsp3) is 0.400. The van der Waals surface area contributed by atoms with E-state index in [0.29, 0.717) is 12.1 Å². The van der Waals surface area contributed by atoms with E-state index in [9.17, 15) is 9.18 Å². The Hall–Kier alpha value is -1.51. The molecule has 2 rings (SSSR count). The molecule has 0 bridgehead atoms. The van der Waals surface area contributed by atoms with Crippen LogP contribution < -0.4 is 5.73 Å². The minimum atomic E-state index is -0.501. The molecule has 0 aromatic heterocycles. The van der Waals surface area contributed by atoms with Crippen LogP contribution in [0.25, 0.3) is 0 Å². The van der Waals surface area contributed by atoms with Crippen LogP contribution in [-0.2, 0) is 0 Å². The first kappa shape index (κ1) is 14.9. The zero-order chi connectivity index (χ0) is 14.5. The molecule has 1 heterocycles. The van der Waals surface area contributed by atoms with E-state index in [1.54, 1.807) is 11.0 Å². The van der Waals surface area contributed by atoms with Crippen molar-refractivity contribution in [2.75, 3.05) is 24.6 Å². The Labute approximate surface area is 122 Å². The van der Waals surface area contributed by atoms with Crippen molar-refractivity contribution in [3.63, 3.8) is 0 Å². The molecule has 0 spiro atoms. The molecule has 1 fully saturated rings. The highest BCUT2D eigenvalue weighted by molar-refractivity contribution is 7.99. The van der Waals surface area contributed by atoms with Gasteiger partial charge in [0.05, 0.1) is 12.1 Å². The van der Waals surface area contributed by atoms with Gasteiger partial charge in [0.2, 0.25) is 0 Å². The van der Waals surface area contributed by atoms with Crippen molar-refractivity contribution in [3.05, 3.63) is 35.1 Å². The fourth-order valence-electron chi connectivity index (χ4n) is 2.10. The van der Waals surface area contributed by atoms with Crippen LogP contribution in [0, 0.1) is 17.7 Å². The highest BCUT2D eigenvalue weighted by Gasteiger charge is 2.26. The number of nitrogens with two attached hydrogens (primary N) is 1. The molecule has 1 aromatic rings. The molecule has 0 radical (unpaired) electrons. The zero-order valence-corrected chi connectivity index (χ0v) is 12.2. The molecule has 1 atom stereocenters. The molecule has 1 unspecified atom stereocenters. The molecule has 1 amide bonds. The Morgan fingerprint density at radius 1 is 1.60 bits per heavy atom. The molecule has 1 aliphatic heterocycles. The van der Waals surface area contributed by atoms with Crippen molar-refractivity contribution in [3.8, 4) is 11.8 Å². The smallest absolute Gasteiger partial charge is 0.257 e. The highest BCUT2D eigenvalue weighted by Crippen LogP contribution is 2.20. The van der Waals surface area contributed by atoms with E-state index < -0.39 is 5.82 Å². The third-order valence-corrected chi connectivity index (χ3v) is 4.35. The van der Waals surface area contributed by atoms with Crippen molar-refractivity contribution < 1.29 is 9.18 Å².